The van der Waals surface area contributed by atoms with Crippen LogP contribution < -0.4 is 9.91 Å². The molecule has 0 spiro atoms. The van der Waals surface area contributed by atoms with E-state index in [1.54, 1.807) is 6.92 Å². The van der Waals surface area contributed by atoms with E-state index in [2.05, 4.69) is 5.10 Å². The number of hydrogen-bond acceptors (Lipinski definition) is 5. The number of carbonyl (C=O) groups is 4. The van der Waals surface area contributed by atoms with E-state index in [1.165, 1.54) is 53.4 Å². The summed E-state index contributed by atoms with van der Waals surface area (Å²) >= 11 is 0. The van der Waals surface area contributed by atoms with E-state index >= 15 is 0 Å². The largest absolute Gasteiger partial charge is 0.478 e. The van der Waals surface area contributed by atoms with Crippen molar-refractivity contribution < 1.29 is 29.4 Å². The average Bonchev–Trinajstić information content (AvgIpc) is 3.05. The van der Waals surface area contributed by atoms with Gasteiger partial charge in [-0.25, -0.2) is 9.59 Å². The van der Waals surface area contributed by atoms with Gasteiger partial charge in [-0.3, -0.25) is 14.5 Å². The molecule has 0 aromatic heterocycles. The molecule has 2 aromatic carbocycles. The minimum absolute atomic E-state index is 0.0204. The van der Waals surface area contributed by atoms with Crippen molar-refractivity contribution in [1.82, 2.24) is 0 Å². The van der Waals surface area contributed by atoms with E-state index in [0.29, 0.717) is 22.5 Å². The fourth-order valence-corrected chi connectivity index (χ4v) is 3.37. The summed E-state index contributed by atoms with van der Waals surface area (Å²) in [4.78, 5) is 49.2. The lowest BCUT2D eigenvalue weighted by atomic mass is 9.98. The molecule has 2 aromatic rings. The number of aromatic carboxylic acids is 2. The molecule has 0 bridgehead atoms. The van der Waals surface area contributed by atoms with Gasteiger partial charge in [-0.2, -0.15) is 5.01 Å². The van der Waals surface area contributed by atoms with Crippen molar-refractivity contribution in [2.45, 2.75) is 13.3 Å². The standard InChI is InChI=1S/C21H15N3O6/c1-11-10-16(25)23(14-6-2-12(3-7-14)20(27)28)18-17(11)19(26)24(22-18)15-8-4-13(5-9-15)21(29)30/h2-9H,10H2,1H3,(H,27,28)(H,29,30). The number of amidine groups is 1. The van der Waals surface area contributed by atoms with Crippen LogP contribution in [-0.4, -0.2) is 39.8 Å². The van der Waals surface area contributed by atoms with Crippen LogP contribution in [0.3, 0.4) is 0 Å². The van der Waals surface area contributed by atoms with Crippen LogP contribution in [0.15, 0.2) is 64.8 Å². The summed E-state index contributed by atoms with van der Waals surface area (Å²) in [5.74, 6) is -2.75. The van der Waals surface area contributed by atoms with Gasteiger partial charge in [0.05, 0.1) is 28.1 Å². The maximum Gasteiger partial charge on any atom is 0.335 e. The second kappa shape index (κ2) is 6.96. The average molecular weight is 405 g/mol. The summed E-state index contributed by atoms with van der Waals surface area (Å²) in [5, 5.41) is 23.6. The number of rotatable bonds is 4. The number of fused-ring (bicyclic) bond motifs is 1. The Hall–Kier alpha value is -4.27. The van der Waals surface area contributed by atoms with Crippen LogP contribution in [0, 0.1) is 0 Å². The van der Waals surface area contributed by atoms with Crippen LogP contribution in [0.25, 0.3) is 0 Å². The highest BCUT2D eigenvalue weighted by molar-refractivity contribution is 6.40. The van der Waals surface area contributed by atoms with E-state index < -0.39 is 17.8 Å². The zero-order valence-corrected chi connectivity index (χ0v) is 15.7. The molecular weight excluding hydrogens is 390 g/mol. The highest BCUT2D eigenvalue weighted by atomic mass is 16.4. The Balaban J connectivity index is 1.77. The second-order valence-corrected chi connectivity index (χ2v) is 6.81. The van der Waals surface area contributed by atoms with Crippen LogP contribution >= 0.6 is 0 Å². The molecule has 2 aliphatic heterocycles. The highest BCUT2D eigenvalue weighted by Gasteiger charge is 2.42. The molecule has 2 N–H and O–H groups in total. The fraction of sp³-hybridized carbons (Fsp3) is 0.0952. The summed E-state index contributed by atoms with van der Waals surface area (Å²) in [6.07, 6.45) is 0.0204. The van der Waals surface area contributed by atoms with Gasteiger partial charge < -0.3 is 10.2 Å². The van der Waals surface area contributed by atoms with Gasteiger partial charge in [0.25, 0.3) is 5.91 Å². The molecule has 0 radical (unpaired) electrons. The lowest BCUT2D eigenvalue weighted by Gasteiger charge is -2.27. The van der Waals surface area contributed by atoms with Crippen LogP contribution in [-0.2, 0) is 9.59 Å². The topological polar surface area (TPSA) is 128 Å². The van der Waals surface area contributed by atoms with Crippen molar-refractivity contribution in [3.8, 4) is 0 Å². The molecule has 30 heavy (non-hydrogen) atoms. The Kier molecular flexibility index (Phi) is 4.42. The van der Waals surface area contributed by atoms with Crippen molar-refractivity contribution in [2.75, 3.05) is 9.91 Å². The SMILES string of the molecule is CC1=C2C(=O)N(c3ccc(C(=O)O)cc3)N=C2N(c2ccc(C(=O)O)cc2)C(=O)C1. The van der Waals surface area contributed by atoms with Crippen molar-refractivity contribution in [2.24, 2.45) is 5.10 Å². The van der Waals surface area contributed by atoms with Gasteiger partial charge in [0, 0.05) is 6.42 Å². The fourth-order valence-electron chi connectivity index (χ4n) is 3.37. The highest BCUT2D eigenvalue weighted by Crippen LogP contribution is 2.34. The van der Waals surface area contributed by atoms with Crippen LogP contribution in [0.2, 0.25) is 0 Å². The number of benzene rings is 2. The number of carbonyl (C=O) groups excluding carboxylic acids is 2. The zero-order chi connectivity index (χ0) is 21.6. The Labute approximate surface area is 170 Å². The molecule has 9 nitrogen and oxygen atoms in total. The first-order valence-electron chi connectivity index (χ1n) is 8.91. The maximum absolute atomic E-state index is 13.0. The number of carboxylic acid groups (broad SMARTS) is 2. The van der Waals surface area contributed by atoms with Crippen molar-refractivity contribution in [3.05, 3.63) is 70.8 Å². The van der Waals surface area contributed by atoms with Gasteiger partial charge >= 0.3 is 11.9 Å². The van der Waals surface area contributed by atoms with Gasteiger partial charge in [0.2, 0.25) is 5.91 Å². The summed E-state index contributed by atoms with van der Waals surface area (Å²) in [6, 6.07) is 11.4. The maximum atomic E-state index is 13.0. The van der Waals surface area contributed by atoms with Crippen LogP contribution in [0.4, 0.5) is 11.4 Å². The lowest BCUT2D eigenvalue weighted by molar-refractivity contribution is -0.117. The number of nitrogens with zero attached hydrogens (tertiary/aromatic N) is 3. The van der Waals surface area contributed by atoms with Crippen molar-refractivity contribution in [3.63, 3.8) is 0 Å². The van der Waals surface area contributed by atoms with Gasteiger partial charge in [-0.05, 0) is 61.0 Å². The molecule has 150 valence electrons. The van der Waals surface area contributed by atoms with E-state index in [9.17, 15) is 19.2 Å². The molecule has 0 fully saturated rings. The Morgan fingerprint density at radius 3 is 1.87 bits per heavy atom. The monoisotopic (exact) mass is 405 g/mol. The van der Waals surface area contributed by atoms with Gasteiger partial charge in [-0.1, -0.05) is 0 Å². The minimum atomic E-state index is -1.09. The molecule has 0 atom stereocenters. The molecule has 2 heterocycles. The summed E-state index contributed by atoms with van der Waals surface area (Å²) in [7, 11) is 0. The third-order valence-electron chi connectivity index (χ3n) is 4.86. The van der Waals surface area contributed by atoms with Gasteiger partial charge in [0.1, 0.15) is 0 Å². The number of hydrazone groups is 1. The third kappa shape index (κ3) is 3.02. The quantitative estimate of drug-likeness (QED) is 0.804. The third-order valence-corrected chi connectivity index (χ3v) is 4.86. The molecule has 0 aliphatic carbocycles. The number of carboxylic acids is 2. The number of amides is 2. The minimum Gasteiger partial charge on any atom is -0.478 e. The van der Waals surface area contributed by atoms with Gasteiger partial charge in [0.15, 0.2) is 5.84 Å². The van der Waals surface area contributed by atoms with Crippen molar-refractivity contribution in [1.29, 1.82) is 0 Å². The smallest absolute Gasteiger partial charge is 0.335 e. The van der Waals surface area contributed by atoms with Gasteiger partial charge in [-0.15, -0.1) is 5.10 Å². The molecule has 0 unspecified atom stereocenters. The van der Waals surface area contributed by atoms with E-state index in [0.717, 1.165) is 5.01 Å². The molecule has 2 amide bonds. The number of anilines is 2. The first-order valence-corrected chi connectivity index (χ1v) is 8.91. The first kappa shape index (κ1) is 19.1. The molecular formula is C21H15N3O6. The zero-order valence-electron chi connectivity index (χ0n) is 15.7. The van der Waals surface area contributed by atoms with E-state index in [1.807, 2.05) is 0 Å². The summed E-state index contributed by atoms with van der Waals surface area (Å²) < 4.78 is 0. The lowest BCUT2D eigenvalue weighted by Crippen LogP contribution is -2.41. The Bertz CT molecular complexity index is 1160. The first-order chi connectivity index (χ1) is 14.3. The Morgan fingerprint density at radius 2 is 1.37 bits per heavy atom. The molecule has 4 rings (SSSR count). The van der Waals surface area contributed by atoms with Crippen molar-refractivity contribution >= 4 is 41.0 Å². The molecule has 9 heteroatoms. The molecule has 0 saturated heterocycles. The summed E-state index contributed by atoms with van der Waals surface area (Å²) in [5.41, 5.74) is 1.76. The summed E-state index contributed by atoms with van der Waals surface area (Å²) in [6.45, 7) is 1.68. The number of hydrogen-bond donors (Lipinski definition) is 2. The normalized spacial score (nSPS) is 16.0. The predicted molar refractivity (Wildman–Crippen MR) is 107 cm³/mol. The molecule has 2 aliphatic rings. The van der Waals surface area contributed by atoms with Crippen LogP contribution in [0.1, 0.15) is 34.1 Å². The second-order valence-electron chi connectivity index (χ2n) is 6.81. The Morgan fingerprint density at radius 1 is 0.867 bits per heavy atom. The van der Waals surface area contributed by atoms with E-state index in [-0.39, 0.29) is 29.3 Å². The molecule has 0 saturated carbocycles. The predicted octanol–water partition coefficient (Wildman–Crippen LogP) is 2.50. The van der Waals surface area contributed by atoms with Crippen LogP contribution in [0.5, 0.6) is 0 Å². The van der Waals surface area contributed by atoms with E-state index in [4.69, 9.17) is 10.2 Å².